The van der Waals surface area contributed by atoms with E-state index in [4.69, 9.17) is 0 Å². The van der Waals surface area contributed by atoms with Crippen LogP contribution in [0.1, 0.15) is 49.3 Å². The number of nitriles is 1. The van der Waals surface area contributed by atoms with Crippen LogP contribution in [0.15, 0.2) is 66.2 Å². The standard InChI is InChI=1S/C28H32N4O/c1-6-31(7-2)26-13-15-27(16-14-26)32-20(3)17-24(22(32)5)18-25(19-29)28(33)30-21(4)23-11-9-8-10-12-23/h8-18,21H,6-7H2,1-5H3,(H,30,33)/b25-18-/t21-/m0/s1. The first-order valence-electron chi connectivity index (χ1n) is 11.4. The Labute approximate surface area is 197 Å². The van der Waals surface area contributed by atoms with Gasteiger partial charge in [-0.25, -0.2) is 0 Å². The molecule has 3 rings (SSSR count). The molecule has 33 heavy (non-hydrogen) atoms. The maximum absolute atomic E-state index is 12.8. The van der Waals surface area contributed by atoms with Crippen LogP contribution in [0, 0.1) is 25.2 Å². The zero-order valence-corrected chi connectivity index (χ0v) is 20.1. The Morgan fingerprint density at radius 2 is 1.73 bits per heavy atom. The first-order valence-corrected chi connectivity index (χ1v) is 11.4. The van der Waals surface area contributed by atoms with Gasteiger partial charge in [0.2, 0.25) is 0 Å². The fourth-order valence-corrected chi connectivity index (χ4v) is 4.14. The number of carbonyl (C=O) groups is 1. The van der Waals surface area contributed by atoms with Gasteiger partial charge in [0, 0.05) is 35.9 Å². The molecule has 0 radical (unpaired) electrons. The van der Waals surface area contributed by atoms with Crippen molar-refractivity contribution in [3.05, 3.63) is 88.8 Å². The largest absolute Gasteiger partial charge is 0.372 e. The number of carbonyl (C=O) groups excluding carboxylic acids is 1. The number of hydrogen-bond donors (Lipinski definition) is 1. The van der Waals surface area contributed by atoms with E-state index >= 15 is 0 Å². The summed E-state index contributed by atoms with van der Waals surface area (Å²) in [6.07, 6.45) is 1.68. The van der Waals surface area contributed by atoms with Crippen molar-refractivity contribution in [2.45, 2.75) is 40.7 Å². The summed E-state index contributed by atoms with van der Waals surface area (Å²) in [5.74, 6) is -0.373. The van der Waals surface area contributed by atoms with Crippen molar-refractivity contribution in [3.63, 3.8) is 0 Å². The highest BCUT2D eigenvalue weighted by Crippen LogP contribution is 2.25. The van der Waals surface area contributed by atoms with E-state index in [0.717, 1.165) is 41.3 Å². The molecule has 2 aromatic carbocycles. The van der Waals surface area contributed by atoms with E-state index in [1.165, 1.54) is 5.69 Å². The third-order valence-electron chi connectivity index (χ3n) is 6.02. The number of hydrogen-bond acceptors (Lipinski definition) is 3. The normalized spacial score (nSPS) is 12.2. The van der Waals surface area contributed by atoms with Crippen LogP contribution >= 0.6 is 0 Å². The highest BCUT2D eigenvalue weighted by atomic mass is 16.1. The minimum atomic E-state index is -0.373. The van der Waals surface area contributed by atoms with Gasteiger partial charge in [-0.05, 0) is 82.2 Å². The van der Waals surface area contributed by atoms with Crippen LogP contribution in [0.25, 0.3) is 11.8 Å². The van der Waals surface area contributed by atoms with Crippen LogP contribution in [-0.2, 0) is 4.79 Å². The van der Waals surface area contributed by atoms with Crippen LogP contribution in [-0.4, -0.2) is 23.6 Å². The minimum Gasteiger partial charge on any atom is -0.372 e. The third kappa shape index (κ3) is 5.35. The summed E-state index contributed by atoms with van der Waals surface area (Å²) < 4.78 is 2.15. The molecular weight excluding hydrogens is 408 g/mol. The second-order valence-corrected chi connectivity index (χ2v) is 8.13. The van der Waals surface area contributed by atoms with Gasteiger partial charge in [-0.15, -0.1) is 0 Å². The summed E-state index contributed by atoms with van der Waals surface area (Å²) in [7, 11) is 0. The van der Waals surface area contributed by atoms with Crippen molar-refractivity contribution in [2.75, 3.05) is 18.0 Å². The summed E-state index contributed by atoms with van der Waals surface area (Å²) in [5, 5.41) is 12.6. The average molecular weight is 441 g/mol. The van der Waals surface area contributed by atoms with E-state index in [2.05, 4.69) is 59.0 Å². The molecule has 0 aliphatic rings. The predicted octanol–water partition coefficient (Wildman–Crippen LogP) is 5.72. The minimum absolute atomic E-state index is 0.0925. The lowest BCUT2D eigenvalue weighted by Gasteiger charge is -2.21. The Kier molecular flexibility index (Phi) is 7.74. The van der Waals surface area contributed by atoms with Crippen molar-refractivity contribution < 1.29 is 4.79 Å². The van der Waals surface area contributed by atoms with E-state index in [-0.39, 0.29) is 17.5 Å². The molecular formula is C28H32N4O. The first-order chi connectivity index (χ1) is 15.9. The third-order valence-corrected chi connectivity index (χ3v) is 6.02. The molecule has 0 bridgehead atoms. The highest BCUT2D eigenvalue weighted by Gasteiger charge is 2.16. The number of anilines is 1. The molecule has 1 N–H and O–H groups in total. The molecule has 3 aromatic rings. The van der Waals surface area contributed by atoms with Gasteiger partial charge in [0.15, 0.2) is 0 Å². The van der Waals surface area contributed by atoms with Crippen LogP contribution in [0.4, 0.5) is 5.69 Å². The average Bonchev–Trinajstić information content (AvgIpc) is 3.11. The smallest absolute Gasteiger partial charge is 0.262 e. The summed E-state index contributed by atoms with van der Waals surface area (Å²) in [4.78, 5) is 15.1. The molecule has 0 saturated heterocycles. The fraction of sp³-hybridized carbons (Fsp3) is 0.286. The summed E-state index contributed by atoms with van der Waals surface area (Å²) in [6, 6.07) is 22.1. The molecule has 1 heterocycles. The number of nitrogens with one attached hydrogen (secondary N) is 1. The molecule has 0 aliphatic carbocycles. The van der Waals surface area contributed by atoms with Gasteiger partial charge in [0.1, 0.15) is 11.6 Å². The van der Waals surface area contributed by atoms with Gasteiger partial charge >= 0.3 is 0 Å². The van der Waals surface area contributed by atoms with Crippen LogP contribution in [0.5, 0.6) is 0 Å². The van der Waals surface area contributed by atoms with Gasteiger partial charge in [-0.2, -0.15) is 5.26 Å². The monoisotopic (exact) mass is 440 g/mol. The lowest BCUT2D eigenvalue weighted by atomic mass is 10.1. The lowest BCUT2D eigenvalue weighted by Crippen LogP contribution is -2.27. The molecule has 0 saturated carbocycles. The Bertz CT molecular complexity index is 1160. The summed E-state index contributed by atoms with van der Waals surface area (Å²) in [6.45, 7) is 12.2. The van der Waals surface area contributed by atoms with Crippen LogP contribution in [0.2, 0.25) is 0 Å². The van der Waals surface area contributed by atoms with Gasteiger partial charge in [0.25, 0.3) is 5.91 Å². The highest BCUT2D eigenvalue weighted by molar-refractivity contribution is 6.02. The zero-order valence-electron chi connectivity index (χ0n) is 20.1. The molecule has 1 aromatic heterocycles. The second kappa shape index (κ2) is 10.7. The quantitative estimate of drug-likeness (QED) is 0.360. The maximum atomic E-state index is 12.8. The van der Waals surface area contributed by atoms with Crippen molar-refractivity contribution in [2.24, 2.45) is 0 Å². The Hall–Kier alpha value is -3.78. The predicted molar refractivity (Wildman–Crippen MR) is 135 cm³/mol. The molecule has 0 unspecified atom stereocenters. The lowest BCUT2D eigenvalue weighted by molar-refractivity contribution is -0.117. The van der Waals surface area contributed by atoms with E-state index in [1.807, 2.05) is 57.2 Å². The van der Waals surface area contributed by atoms with E-state index in [1.54, 1.807) is 6.08 Å². The summed E-state index contributed by atoms with van der Waals surface area (Å²) in [5.41, 5.74) is 6.23. The van der Waals surface area contributed by atoms with Crippen LogP contribution in [0.3, 0.4) is 0 Å². The SMILES string of the molecule is CCN(CC)c1ccc(-n2c(C)cc(/C=C(/C#N)C(=O)N[C@@H](C)c3ccccc3)c2C)cc1. The number of amides is 1. The van der Waals surface area contributed by atoms with Crippen molar-refractivity contribution in [1.29, 1.82) is 5.26 Å². The Morgan fingerprint density at radius 1 is 1.09 bits per heavy atom. The van der Waals surface area contributed by atoms with Crippen molar-refractivity contribution >= 4 is 17.7 Å². The van der Waals surface area contributed by atoms with Gasteiger partial charge in [0.05, 0.1) is 6.04 Å². The number of aromatic nitrogens is 1. The van der Waals surface area contributed by atoms with Gasteiger partial charge in [-0.3, -0.25) is 4.79 Å². The molecule has 0 aliphatic heterocycles. The molecule has 0 spiro atoms. The zero-order chi connectivity index (χ0) is 24.0. The number of benzene rings is 2. The topological polar surface area (TPSA) is 61.1 Å². The summed E-state index contributed by atoms with van der Waals surface area (Å²) >= 11 is 0. The molecule has 170 valence electrons. The Morgan fingerprint density at radius 3 is 2.30 bits per heavy atom. The second-order valence-electron chi connectivity index (χ2n) is 8.13. The number of rotatable bonds is 8. The molecule has 5 nitrogen and oxygen atoms in total. The van der Waals surface area contributed by atoms with E-state index in [0.29, 0.717) is 0 Å². The number of aryl methyl sites for hydroxylation is 1. The van der Waals surface area contributed by atoms with Crippen molar-refractivity contribution in [3.8, 4) is 11.8 Å². The molecule has 0 fully saturated rings. The van der Waals surface area contributed by atoms with Crippen molar-refractivity contribution in [1.82, 2.24) is 9.88 Å². The van der Waals surface area contributed by atoms with E-state index in [9.17, 15) is 10.1 Å². The fourth-order valence-electron chi connectivity index (χ4n) is 4.14. The molecule has 1 amide bonds. The van der Waals surface area contributed by atoms with Gasteiger partial charge in [-0.1, -0.05) is 30.3 Å². The van der Waals surface area contributed by atoms with Crippen LogP contribution < -0.4 is 10.2 Å². The van der Waals surface area contributed by atoms with Gasteiger partial charge < -0.3 is 14.8 Å². The first kappa shape index (κ1) is 23.9. The molecule has 5 heteroatoms. The van der Waals surface area contributed by atoms with E-state index < -0.39 is 0 Å². The number of nitrogens with zero attached hydrogens (tertiary/aromatic N) is 3. The molecule has 1 atom stereocenters. The Balaban J connectivity index is 1.86. The maximum Gasteiger partial charge on any atom is 0.262 e.